The van der Waals surface area contributed by atoms with Crippen LogP contribution in [-0.4, -0.2) is 29.6 Å². The second-order valence-corrected chi connectivity index (χ2v) is 8.37. The van der Waals surface area contributed by atoms with Crippen LogP contribution in [0.5, 0.6) is 0 Å². The minimum atomic E-state index is -0.428. The van der Waals surface area contributed by atoms with Crippen LogP contribution >= 0.6 is 39.0 Å². The maximum Gasteiger partial charge on any atom is 0.263 e. The third-order valence-electron chi connectivity index (χ3n) is 3.71. The number of carbonyl (C=O) groups excluding carboxylic acids is 1. The van der Waals surface area contributed by atoms with Gasteiger partial charge in [-0.2, -0.15) is 11.8 Å². The molecule has 1 aromatic carbocycles. The Labute approximate surface area is 150 Å². The summed E-state index contributed by atoms with van der Waals surface area (Å²) in [5.41, 5.74) is 0.392. The Bertz CT molecular complexity index is 722. The number of hydrogen-bond acceptors (Lipinski definition) is 3. The number of hydrogen-bond donors (Lipinski definition) is 0. The molecule has 0 radical (unpaired) electrons. The van der Waals surface area contributed by atoms with E-state index in [2.05, 4.69) is 15.9 Å². The number of carbonyl (C=O) groups is 1. The number of rotatable bonds is 2. The van der Waals surface area contributed by atoms with Gasteiger partial charge in [-0.15, -0.1) is 11.3 Å². The number of nitrogens with zero attached hydrogens (tertiary/aromatic N) is 1. The van der Waals surface area contributed by atoms with Gasteiger partial charge in [-0.05, 0) is 46.6 Å². The third kappa shape index (κ3) is 3.95. The van der Waals surface area contributed by atoms with Gasteiger partial charge in [0.25, 0.3) is 5.91 Å². The molecule has 1 amide bonds. The molecule has 1 saturated heterocycles. The highest BCUT2D eigenvalue weighted by molar-refractivity contribution is 9.10. The van der Waals surface area contributed by atoms with E-state index in [0.717, 1.165) is 10.5 Å². The number of thioether (sulfide) groups is 1. The Balaban J connectivity index is 1.72. The predicted molar refractivity (Wildman–Crippen MR) is 94.1 cm³/mol. The Morgan fingerprint density at radius 2 is 2.09 bits per heavy atom. The lowest BCUT2D eigenvalue weighted by Gasteiger charge is -2.19. The largest absolute Gasteiger partial charge is 0.337 e. The predicted octanol–water partition coefficient (Wildman–Crippen LogP) is 5.11. The molecule has 1 atom stereocenters. The molecule has 1 aromatic heterocycles. The normalized spacial score (nSPS) is 18.7. The summed E-state index contributed by atoms with van der Waals surface area (Å²) in [6.07, 6.45) is 0.614. The molecule has 3 rings (SSSR count). The van der Waals surface area contributed by atoms with Gasteiger partial charge in [0.2, 0.25) is 0 Å². The van der Waals surface area contributed by atoms with Crippen molar-refractivity contribution in [3.05, 3.63) is 56.2 Å². The SMILES string of the molecule is O=C(c1cc(Br)cs1)N1CCS[C@H](c2cc(F)ccc2F)CC1. The monoisotopic (exact) mass is 417 g/mol. The topological polar surface area (TPSA) is 20.3 Å². The second-order valence-electron chi connectivity index (χ2n) is 5.24. The first kappa shape index (κ1) is 16.9. The van der Waals surface area contributed by atoms with E-state index in [9.17, 15) is 13.6 Å². The standard InChI is InChI=1S/C16H14BrF2NOS2/c17-10-7-15(23-9-10)16(21)20-4-3-14(22-6-5-20)12-8-11(18)1-2-13(12)19/h1-2,7-9,14H,3-6H2/t14-/m0/s1. The quantitative estimate of drug-likeness (QED) is 0.676. The lowest BCUT2D eigenvalue weighted by Crippen LogP contribution is -2.32. The molecular weight excluding hydrogens is 404 g/mol. The molecule has 0 aliphatic carbocycles. The van der Waals surface area contributed by atoms with Crippen molar-refractivity contribution in [2.75, 3.05) is 18.8 Å². The van der Waals surface area contributed by atoms with E-state index in [-0.39, 0.29) is 17.0 Å². The van der Waals surface area contributed by atoms with Gasteiger partial charge >= 0.3 is 0 Å². The summed E-state index contributed by atoms with van der Waals surface area (Å²) in [6.45, 7) is 1.16. The molecule has 1 aliphatic heterocycles. The highest BCUT2D eigenvalue weighted by Crippen LogP contribution is 2.36. The zero-order valence-corrected chi connectivity index (χ0v) is 15.3. The van der Waals surface area contributed by atoms with E-state index in [1.807, 2.05) is 11.4 Å². The summed E-state index contributed by atoms with van der Waals surface area (Å²) < 4.78 is 28.2. The summed E-state index contributed by atoms with van der Waals surface area (Å²) in [6, 6.07) is 5.38. The van der Waals surface area contributed by atoms with E-state index >= 15 is 0 Å². The first-order chi connectivity index (χ1) is 11.0. The summed E-state index contributed by atoms with van der Waals surface area (Å²) in [7, 11) is 0. The summed E-state index contributed by atoms with van der Waals surface area (Å²) >= 11 is 6.33. The van der Waals surface area contributed by atoms with Gasteiger partial charge in [-0.1, -0.05) is 0 Å². The van der Waals surface area contributed by atoms with E-state index in [1.165, 1.54) is 23.5 Å². The Kier molecular flexibility index (Phi) is 5.38. The van der Waals surface area contributed by atoms with Crippen LogP contribution in [0, 0.1) is 11.6 Å². The molecule has 0 saturated carbocycles. The minimum Gasteiger partial charge on any atom is -0.337 e. The van der Waals surface area contributed by atoms with Crippen LogP contribution in [0.25, 0.3) is 0 Å². The van der Waals surface area contributed by atoms with E-state index in [0.29, 0.717) is 35.7 Å². The maximum atomic E-state index is 13.9. The molecular formula is C16H14BrF2NOS2. The van der Waals surface area contributed by atoms with Gasteiger partial charge in [0.05, 0.1) is 4.88 Å². The number of thiophene rings is 1. The van der Waals surface area contributed by atoms with Crippen LogP contribution in [0.2, 0.25) is 0 Å². The van der Waals surface area contributed by atoms with Crippen molar-refractivity contribution in [2.45, 2.75) is 11.7 Å². The lowest BCUT2D eigenvalue weighted by molar-refractivity contribution is 0.0771. The van der Waals surface area contributed by atoms with Gasteiger partial charge in [-0.25, -0.2) is 8.78 Å². The fourth-order valence-corrected chi connectivity index (χ4v) is 5.20. The highest BCUT2D eigenvalue weighted by atomic mass is 79.9. The van der Waals surface area contributed by atoms with Crippen LogP contribution in [-0.2, 0) is 0 Å². The van der Waals surface area contributed by atoms with Gasteiger partial charge in [0.1, 0.15) is 11.6 Å². The molecule has 2 heterocycles. The van der Waals surface area contributed by atoms with Crippen LogP contribution < -0.4 is 0 Å². The van der Waals surface area contributed by atoms with Gasteiger partial charge in [0, 0.05) is 39.5 Å². The van der Waals surface area contributed by atoms with Crippen molar-refractivity contribution in [3.63, 3.8) is 0 Å². The highest BCUT2D eigenvalue weighted by Gasteiger charge is 2.25. The van der Waals surface area contributed by atoms with Crippen molar-refractivity contribution in [2.24, 2.45) is 0 Å². The molecule has 0 N–H and O–H groups in total. The molecule has 0 unspecified atom stereocenters. The van der Waals surface area contributed by atoms with Crippen LogP contribution in [0.4, 0.5) is 8.78 Å². The molecule has 2 aromatic rings. The molecule has 23 heavy (non-hydrogen) atoms. The molecule has 2 nitrogen and oxygen atoms in total. The molecule has 0 spiro atoms. The summed E-state index contributed by atoms with van der Waals surface area (Å²) in [5, 5.41) is 1.75. The zero-order chi connectivity index (χ0) is 16.4. The molecule has 1 aliphatic rings. The van der Waals surface area contributed by atoms with Crippen LogP contribution in [0.15, 0.2) is 34.1 Å². The van der Waals surface area contributed by atoms with Crippen molar-refractivity contribution in [1.29, 1.82) is 0 Å². The molecule has 0 bridgehead atoms. The average Bonchev–Trinajstić information content (AvgIpc) is 2.82. The lowest BCUT2D eigenvalue weighted by atomic mass is 10.1. The number of halogens is 3. The van der Waals surface area contributed by atoms with E-state index in [1.54, 1.807) is 16.7 Å². The van der Waals surface area contributed by atoms with Gasteiger partial charge in [0.15, 0.2) is 0 Å². The van der Waals surface area contributed by atoms with E-state index < -0.39 is 5.82 Å². The first-order valence-corrected chi connectivity index (χ1v) is 9.86. The van der Waals surface area contributed by atoms with Crippen molar-refractivity contribution < 1.29 is 13.6 Å². The average molecular weight is 418 g/mol. The summed E-state index contributed by atoms with van der Waals surface area (Å²) in [4.78, 5) is 15.0. The Morgan fingerprint density at radius 1 is 1.26 bits per heavy atom. The minimum absolute atomic E-state index is 0.00154. The smallest absolute Gasteiger partial charge is 0.263 e. The maximum absolute atomic E-state index is 13.9. The summed E-state index contributed by atoms with van der Waals surface area (Å²) in [5.74, 6) is -0.103. The number of benzene rings is 1. The fourth-order valence-electron chi connectivity index (χ4n) is 2.56. The second kappa shape index (κ2) is 7.32. The van der Waals surface area contributed by atoms with Crippen molar-refractivity contribution in [3.8, 4) is 0 Å². The van der Waals surface area contributed by atoms with Crippen molar-refractivity contribution in [1.82, 2.24) is 4.90 Å². The van der Waals surface area contributed by atoms with Crippen molar-refractivity contribution >= 4 is 44.9 Å². The van der Waals surface area contributed by atoms with Gasteiger partial charge in [-0.3, -0.25) is 4.79 Å². The van der Waals surface area contributed by atoms with Gasteiger partial charge < -0.3 is 4.90 Å². The zero-order valence-electron chi connectivity index (χ0n) is 12.1. The Hall–Kier alpha value is -0.920. The van der Waals surface area contributed by atoms with Crippen LogP contribution in [0.3, 0.4) is 0 Å². The first-order valence-electron chi connectivity index (χ1n) is 7.14. The molecule has 122 valence electrons. The fraction of sp³-hybridized carbons (Fsp3) is 0.312. The Morgan fingerprint density at radius 3 is 2.83 bits per heavy atom. The van der Waals surface area contributed by atoms with E-state index in [4.69, 9.17) is 0 Å². The van der Waals surface area contributed by atoms with Crippen LogP contribution in [0.1, 0.15) is 26.9 Å². The molecule has 7 heteroatoms. The molecule has 1 fully saturated rings. The number of amides is 1. The third-order valence-corrected chi connectivity index (χ3v) is 6.70.